The van der Waals surface area contributed by atoms with Crippen molar-refractivity contribution in [2.75, 3.05) is 0 Å². The molecule has 0 nitrogen and oxygen atoms in total. The number of halogens is 4. The predicted molar refractivity (Wildman–Crippen MR) is 71.4 cm³/mol. The van der Waals surface area contributed by atoms with Crippen LogP contribution < -0.4 is 0 Å². The van der Waals surface area contributed by atoms with Crippen LogP contribution in [0.5, 0.6) is 0 Å². The summed E-state index contributed by atoms with van der Waals surface area (Å²) in [6.07, 6.45) is -4.35. The van der Waals surface area contributed by atoms with Gasteiger partial charge in [0.05, 0.1) is 5.56 Å². The minimum Gasteiger partial charge on any atom is -0.166 e. The molecule has 2 rings (SSSR count). The molecule has 0 aliphatic carbocycles. The van der Waals surface area contributed by atoms with Crippen LogP contribution in [0.2, 0.25) is 5.02 Å². The van der Waals surface area contributed by atoms with Gasteiger partial charge in [-0.3, -0.25) is 0 Å². The van der Waals surface area contributed by atoms with Crippen molar-refractivity contribution in [1.29, 1.82) is 0 Å². The third kappa shape index (κ3) is 2.76. The first-order chi connectivity index (χ1) is 8.80. The van der Waals surface area contributed by atoms with Gasteiger partial charge in [-0.25, -0.2) is 0 Å². The maximum atomic E-state index is 12.8. The van der Waals surface area contributed by atoms with Crippen molar-refractivity contribution in [3.8, 4) is 11.1 Å². The molecule has 0 bridgehead atoms. The third-order valence-corrected chi connectivity index (χ3v) is 3.37. The van der Waals surface area contributed by atoms with Crippen LogP contribution in [0.1, 0.15) is 16.7 Å². The van der Waals surface area contributed by atoms with E-state index < -0.39 is 11.7 Å². The Hall–Kier alpha value is -1.48. The van der Waals surface area contributed by atoms with Gasteiger partial charge in [-0.05, 0) is 48.7 Å². The summed E-state index contributed by atoms with van der Waals surface area (Å²) in [6, 6.07) is 9.02. The summed E-state index contributed by atoms with van der Waals surface area (Å²) in [5, 5.41) is 0.461. The standard InChI is InChI=1S/C15H12ClF3/c1-9-6-7-11(15(17,18)19)8-12(9)14-10(2)4-3-5-13(14)16/h3-8H,1-2H3. The molecule has 4 heteroatoms. The molecule has 0 heterocycles. The minimum absolute atomic E-state index is 0.461. The lowest BCUT2D eigenvalue weighted by atomic mass is 9.94. The van der Waals surface area contributed by atoms with Gasteiger partial charge in [-0.15, -0.1) is 0 Å². The van der Waals surface area contributed by atoms with Crippen LogP contribution in [-0.4, -0.2) is 0 Å². The highest BCUT2D eigenvalue weighted by molar-refractivity contribution is 6.33. The zero-order valence-corrected chi connectivity index (χ0v) is 11.2. The molecule has 0 fully saturated rings. The van der Waals surface area contributed by atoms with E-state index in [9.17, 15) is 13.2 Å². The van der Waals surface area contributed by atoms with Gasteiger partial charge in [0.2, 0.25) is 0 Å². The fraction of sp³-hybridized carbons (Fsp3) is 0.200. The van der Waals surface area contributed by atoms with E-state index in [0.717, 1.165) is 23.3 Å². The maximum Gasteiger partial charge on any atom is 0.416 e. The Kier molecular flexibility index (Phi) is 3.59. The van der Waals surface area contributed by atoms with E-state index in [1.807, 2.05) is 13.0 Å². The molecule has 2 aromatic carbocycles. The second-order valence-electron chi connectivity index (χ2n) is 4.46. The highest BCUT2D eigenvalue weighted by Crippen LogP contribution is 2.37. The molecular weight excluding hydrogens is 273 g/mol. The summed E-state index contributed by atoms with van der Waals surface area (Å²) < 4.78 is 38.4. The summed E-state index contributed by atoms with van der Waals surface area (Å²) >= 11 is 6.12. The number of rotatable bonds is 1. The molecule has 0 aromatic heterocycles. The summed E-state index contributed by atoms with van der Waals surface area (Å²) in [5.41, 5.74) is 2.15. The quantitative estimate of drug-likeness (QED) is 0.635. The minimum atomic E-state index is -4.35. The monoisotopic (exact) mass is 284 g/mol. The average molecular weight is 285 g/mol. The fourth-order valence-electron chi connectivity index (χ4n) is 2.04. The largest absolute Gasteiger partial charge is 0.416 e. The molecule has 0 unspecified atom stereocenters. The third-order valence-electron chi connectivity index (χ3n) is 3.06. The summed E-state index contributed by atoms with van der Waals surface area (Å²) in [6.45, 7) is 3.61. The lowest BCUT2D eigenvalue weighted by Gasteiger charge is -2.14. The first-order valence-corrected chi connectivity index (χ1v) is 6.12. The summed E-state index contributed by atoms with van der Waals surface area (Å²) in [7, 11) is 0. The van der Waals surface area contributed by atoms with Crippen LogP contribution in [0, 0.1) is 13.8 Å². The van der Waals surface area contributed by atoms with Crippen LogP contribution in [0.4, 0.5) is 13.2 Å². The fourth-order valence-corrected chi connectivity index (χ4v) is 2.36. The van der Waals surface area contributed by atoms with Gasteiger partial charge in [0, 0.05) is 10.6 Å². The van der Waals surface area contributed by atoms with E-state index in [4.69, 9.17) is 11.6 Å². The molecular formula is C15H12ClF3. The molecule has 0 spiro atoms. The second-order valence-corrected chi connectivity index (χ2v) is 4.87. The Balaban J connectivity index is 2.69. The van der Waals surface area contributed by atoms with Crippen LogP contribution in [0.15, 0.2) is 36.4 Å². The number of hydrogen-bond donors (Lipinski definition) is 0. The van der Waals surface area contributed by atoms with Gasteiger partial charge < -0.3 is 0 Å². The number of alkyl halides is 3. The predicted octanol–water partition coefficient (Wildman–Crippen LogP) is 5.64. The Morgan fingerprint density at radius 1 is 0.947 bits per heavy atom. The van der Waals surface area contributed by atoms with Crippen molar-refractivity contribution in [2.24, 2.45) is 0 Å². The van der Waals surface area contributed by atoms with Crippen molar-refractivity contribution in [2.45, 2.75) is 20.0 Å². The van der Waals surface area contributed by atoms with Crippen molar-refractivity contribution in [3.63, 3.8) is 0 Å². The smallest absolute Gasteiger partial charge is 0.166 e. The molecule has 100 valence electrons. The second kappa shape index (κ2) is 4.89. The molecule has 19 heavy (non-hydrogen) atoms. The number of hydrogen-bond acceptors (Lipinski definition) is 0. The van der Waals surface area contributed by atoms with E-state index in [1.165, 1.54) is 6.07 Å². The van der Waals surface area contributed by atoms with E-state index in [2.05, 4.69) is 0 Å². The highest BCUT2D eigenvalue weighted by Gasteiger charge is 2.31. The van der Waals surface area contributed by atoms with E-state index in [1.54, 1.807) is 19.1 Å². The molecule has 2 aromatic rings. The Morgan fingerprint density at radius 2 is 1.63 bits per heavy atom. The highest BCUT2D eigenvalue weighted by atomic mass is 35.5. The van der Waals surface area contributed by atoms with Crippen molar-refractivity contribution < 1.29 is 13.2 Å². The summed E-state index contributed by atoms with van der Waals surface area (Å²) in [4.78, 5) is 0. The van der Waals surface area contributed by atoms with Crippen LogP contribution >= 0.6 is 11.6 Å². The van der Waals surface area contributed by atoms with Gasteiger partial charge in [0.25, 0.3) is 0 Å². The number of aryl methyl sites for hydroxylation is 2. The Labute approximate surface area is 114 Å². The summed E-state index contributed by atoms with van der Waals surface area (Å²) in [5.74, 6) is 0. The Bertz CT molecular complexity index is 595. The molecule has 0 aliphatic rings. The number of benzene rings is 2. The SMILES string of the molecule is Cc1ccc(C(F)(F)F)cc1-c1c(C)cccc1Cl. The van der Waals surface area contributed by atoms with Gasteiger partial charge in [-0.1, -0.05) is 29.8 Å². The molecule has 0 atom stereocenters. The van der Waals surface area contributed by atoms with E-state index in [0.29, 0.717) is 16.1 Å². The lowest BCUT2D eigenvalue weighted by Crippen LogP contribution is -2.05. The zero-order chi connectivity index (χ0) is 14.2. The zero-order valence-electron chi connectivity index (χ0n) is 10.5. The van der Waals surface area contributed by atoms with Crippen LogP contribution in [0.25, 0.3) is 11.1 Å². The van der Waals surface area contributed by atoms with Crippen LogP contribution in [0.3, 0.4) is 0 Å². The normalized spacial score (nSPS) is 11.7. The molecule has 0 N–H and O–H groups in total. The first-order valence-electron chi connectivity index (χ1n) is 5.74. The van der Waals surface area contributed by atoms with Gasteiger partial charge in [0.15, 0.2) is 0 Å². The van der Waals surface area contributed by atoms with Crippen molar-refractivity contribution in [3.05, 3.63) is 58.1 Å². The Morgan fingerprint density at radius 3 is 2.21 bits per heavy atom. The first kappa shape index (κ1) is 13.9. The van der Waals surface area contributed by atoms with Gasteiger partial charge in [-0.2, -0.15) is 13.2 Å². The molecule has 0 amide bonds. The molecule has 0 radical (unpaired) electrons. The molecule has 0 saturated heterocycles. The maximum absolute atomic E-state index is 12.8. The average Bonchev–Trinajstić information content (AvgIpc) is 2.29. The van der Waals surface area contributed by atoms with Crippen molar-refractivity contribution in [1.82, 2.24) is 0 Å². The molecule has 0 saturated carbocycles. The van der Waals surface area contributed by atoms with E-state index in [-0.39, 0.29) is 0 Å². The lowest BCUT2D eigenvalue weighted by molar-refractivity contribution is -0.137. The van der Waals surface area contributed by atoms with Crippen molar-refractivity contribution >= 4 is 11.6 Å². The van der Waals surface area contributed by atoms with Gasteiger partial charge >= 0.3 is 6.18 Å². The van der Waals surface area contributed by atoms with E-state index >= 15 is 0 Å². The van der Waals surface area contributed by atoms with Crippen LogP contribution in [-0.2, 0) is 6.18 Å². The molecule has 0 aliphatic heterocycles. The topological polar surface area (TPSA) is 0 Å². The van der Waals surface area contributed by atoms with Gasteiger partial charge in [0.1, 0.15) is 0 Å².